The first-order valence-electron chi connectivity index (χ1n) is 12.3. The summed E-state index contributed by atoms with van der Waals surface area (Å²) in [5, 5.41) is 3.19. The molecule has 35 heavy (non-hydrogen) atoms. The molecule has 1 aliphatic rings. The molecule has 1 heterocycles. The Morgan fingerprint density at radius 1 is 0.914 bits per heavy atom. The van der Waals surface area contributed by atoms with Gasteiger partial charge in [-0.3, -0.25) is 9.78 Å². The molecular weight excluding hydrogens is 442 g/mol. The van der Waals surface area contributed by atoms with E-state index in [1.54, 1.807) is 12.3 Å². The van der Waals surface area contributed by atoms with Crippen molar-refractivity contribution >= 4 is 22.5 Å². The number of nitrogens with zero attached hydrogens (tertiary/aromatic N) is 1. The topological polar surface area (TPSA) is 42.0 Å². The van der Waals surface area contributed by atoms with Crippen LogP contribution in [0, 0.1) is 17.6 Å². The molecule has 0 bridgehead atoms. The van der Waals surface area contributed by atoms with Gasteiger partial charge in [0.2, 0.25) is 0 Å². The van der Waals surface area contributed by atoms with Crippen LogP contribution in [0.4, 0.5) is 14.5 Å². The van der Waals surface area contributed by atoms with Gasteiger partial charge in [-0.25, -0.2) is 8.78 Å². The number of fused-ring (bicyclic) bond motifs is 1. The molecule has 1 amide bonds. The minimum Gasteiger partial charge on any atom is -0.319 e. The number of pyridine rings is 1. The standard InChI is InChI=1S/C30H28F2N2O/c1-2-19-3-5-20(6-4-19)21-7-9-22(10-8-21)23-11-13-25-26(15-16-33-29(25)17-23)30(35)34-28-14-12-24(31)18-27(28)32/h7-20H,2-6H2,1H3,(H,34,35). The molecule has 5 heteroatoms. The molecule has 1 N–H and O–H groups in total. The normalized spacial score (nSPS) is 17.9. The third kappa shape index (κ3) is 4.95. The maximum absolute atomic E-state index is 14.0. The van der Waals surface area contributed by atoms with Crippen LogP contribution >= 0.6 is 0 Å². The van der Waals surface area contributed by atoms with Crippen molar-refractivity contribution in [3.05, 3.63) is 95.7 Å². The van der Waals surface area contributed by atoms with E-state index in [4.69, 9.17) is 0 Å². The molecule has 3 aromatic carbocycles. The van der Waals surface area contributed by atoms with Gasteiger partial charge in [0.15, 0.2) is 0 Å². The summed E-state index contributed by atoms with van der Waals surface area (Å²) in [6, 6.07) is 19.3. The Morgan fingerprint density at radius 2 is 1.66 bits per heavy atom. The van der Waals surface area contributed by atoms with E-state index in [0.717, 1.165) is 29.2 Å². The van der Waals surface area contributed by atoms with Crippen molar-refractivity contribution in [3.8, 4) is 11.1 Å². The molecule has 0 saturated heterocycles. The highest BCUT2D eigenvalue weighted by Crippen LogP contribution is 2.37. The summed E-state index contributed by atoms with van der Waals surface area (Å²) < 4.78 is 27.2. The zero-order valence-corrected chi connectivity index (χ0v) is 19.7. The van der Waals surface area contributed by atoms with E-state index in [9.17, 15) is 13.6 Å². The van der Waals surface area contributed by atoms with Crippen LogP contribution in [-0.2, 0) is 0 Å². The highest BCUT2D eigenvalue weighted by atomic mass is 19.1. The number of carbonyl (C=O) groups is 1. The first-order chi connectivity index (χ1) is 17.0. The SMILES string of the molecule is CCC1CCC(c2ccc(-c3ccc4c(C(=O)Nc5ccc(F)cc5F)ccnc4c3)cc2)CC1. The Hall–Kier alpha value is -3.60. The van der Waals surface area contributed by atoms with E-state index >= 15 is 0 Å². The Labute approximate surface area is 204 Å². The maximum Gasteiger partial charge on any atom is 0.256 e. The van der Waals surface area contributed by atoms with Crippen molar-refractivity contribution in [2.45, 2.75) is 44.9 Å². The number of hydrogen-bond acceptors (Lipinski definition) is 2. The lowest BCUT2D eigenvalue weighted by Crippen LogP contribution is -2.13. The Kier molecular flexibility index (Phi) is 6.58. The molecule has 1 fully saturated rings. The summed E-state index contributed by atoms with van der Waals surface area (Å²) in [6.45, 7) is 2.29. The highest BCUT2D eigenvalue weighted by molar-refractivity contribution is 6.12. The number of aromatic nitrogens is 1. The second-order valence-electron chi connectivity index (χ2n) is 9.42. The molecule has 0 atom stereocenters. The average Bonchev–Trinajstić information content (AvgIpc) is 2.89. The van der Waals surface area contributed by atoms with Gasteiger partial charge in [-0.15, -0.1) is 0 Å². The summed E-state index contributed by atoms with van der Waals surface area (Å²) in [7, 11) is 0. The van der Waals surface area contributed by atoms with Crippen molar-refractivity contribution in [2.75, 3.05) is 5.32 Å². The minimum absolute atomic E-state index is 0.0683. The lowest BCUT2D eigenvalue weighted by atomic mass is 9.77. The predicted molar refractivity (Wildman–Crippen MR) is 136 cm³/mol. The number of carbonyl (C=O) groups excluding carboxylic acids is 1. The Bertz CT molecular complexity index is 1360. The van der Waals surface area contributed by atoms with Crippen molar-refractivity contribution in [1.82, 2.24) is 4.98 Å². The fourth-order valence-electron chi connectivity index (χ4n) is 5.16. The van der Waals surface area contributed by atoms with E-state index in [0.29, 0.717) is 22.4 Å². The Morgan fingerprint density at radius 3 is 2.37 bits per heavy atom. The van der Waals surface area contributed by atoms with E-state index in [1.807, 2.05) is 18.2 Å². The number of halogens is 2. The van der Waals surface area contributed by atoms with Gasteiger partial charge in [-0.2, -0.15) is 0 Å². The largest absolute Gasteiger partial charge is 0.319 e. The number of rotatable bonds is 5. The quantitative estimate of drug-likeness (QED) is 0.320. The van der Waals surface area contributed by atoms with Gasteiger partial charge in [-0.05, 0) is 78.5 Å². The zero-order chi connectivity index (χ0) is 24.4. The molecule has 0 spiro atoms. The van der Waals surface area contributed by atoms with Crippen LogP contribution in [0.15, 0.2) is 72.9 Å². The molecule has 4 aromatic rings. The van der Waals surface area contributed by atoms with Crippen molar-refractivity contribution in [2.24, 2.45) is 5.92 Å². The summed E-state index contributed by atoms with van der Waals surface area (Å²) in [6.07, 6.45) is 8.03. The van der Waals surface area contributed by atoms with Gasteiger partial charge in [0, 0.05) is 17.6 Å². The summed E-state index contributed by atoms with van der Waals surface area (Å²) in [5.41, 5.74) is 4.52. The third-order valence-corrected chi connectivity index (χ3v) is 7.31. The highest BCUT2D eigenvalue weighted by Gasteiger charge is 2.21. The van der Waals surface area contributed by atoms with Gasteiger partial charge in [-0.1, -0.05) is 49.7 Å². The average molecular weight is 471 g/mol. The van der Waals surface area contributed by atoms with Gasteiger partial charge in [0.25, 0.3) is 5.91 Å². The van der Waals surface area contributed by atoms with Crippen LogP contribution in [0.1, 0.15) is 60.9 Å². The van der Waals surface area contributed by atoms with Crippen LogP contribution in [0.25, 0.3) is 22.0 Å². The molecule has 0 unspecified atom stereocenters. The van der Waals surface area contributed by atoms with Crippen LogP contribution < -0.4 is 5.32 Å². The lowest BCUT2D eigenvalue weighted by Gasteiger charge is -2.28. The molecule has 5 rings (SSSR count). The summed E-state index contributed by atoms with van der Waals surface area (Å²) in [5.74, 6) is -0.451. The number of amides is 1. The van der Waals surface area contributed by atoms with Crippen molar-refractivity contribution in [1.29, 1.82) is 0 Å². The molecular formula is C30H28F2N2O. The van der Waals surface area contributed by atoms with Crippen molar-refractivity contribution < 1.29 is 13.6 Å². The smallest absolute Gasteiger partial charge is 0.256 e. The second kappa shape index (κ2) is 9.95. The number of benzene rings is 3. The van der Waals surface area contributed by atoms with Gasteiger partial charge < -0.3 is 5.32 Å². The molecule has 1 aromatic heterocycles. The van der Waals surface area contributed by atoms with E-state index in [1.165, 1.54) is 43.7 Å². The van der Waals surface area contributed by atoms with Crippen molar-refractivity contribution in [3.63, 3.8) is 0 Å². The number of nitrogens with one attached hydrogen (secondary N) is 1. The molecule has 1 aliphatic carbocycles. The third-order valence-electron chi connectivity index (χ3n) is 7.31. The van der Waals surface area contributed by atoms with Crippen LogP contribution in [0.2, 0.25) is 0 Å². The van der Waals surface area contributed by atoms with Crippen LogP contribution in [-0.4, -0.2) is 10.9 Å². The molecule has 1 saturated carbocycles. The van der Waals surface area contributed by atoms with Crippen LogP contribution in [0.3, 0.4) is 0 Å². The number of hydrogen-bond donors (Lipinski definition) is 1. The second-order valence-corrected chi connectivity index (χ2v) is 9.42. The molecule has 0 radical (unpaired) electrons. The van der Waals surface area contributed by atoms with E-state index < -0.39 is 17.5 Å². The molecule has 0 aliphatic heterocycles. The van der Waals surface area contributed by atoms with Gasteiger partial charge in [0.1, 0.15) is 11.6 Å². The summed E-state index contributed by atoms with van der Waals surface area (Å²) in [4.78, 5) is 17.3. The first kappa shape index (κ1) is 23.2. The monoisotopic (exact) mass is 470 g/mol. The van der Waals surface area contributed by atoms with Gasteiger partial charge >= 0.3 is 0 Å². The van der Waals surface area contributed by atoms with Crippen LogP contribution in [0.5, 0.6) is 0 Å². The lowest BCUT2D eigenvalue weighted by molar-refractivity contribution is 0.102. The van der Waals surface area contributed by atoms with E-state index in [-0.39, 0.29) is 5.69 Å². The number of anilines is 1. The fraction of sp³-hybridized carbons (Fsp3) is 0.267. The predicted octanol–water partition coefficient (Wildman–Crippen LogP) is 8.12. The van der Waals surface area contributed by atoms with Gasteiger partial charge in [0.05, 0.1) is 16.8 Å². The minimum atomic E-state index is -0.819. The first-order valence-corrected chi connectivity index (χ1v) is 12.3. The Balaban J connectivity index is 1.36. The molecule has 3 nitrogen and oxygen atoms in total. The van der Waals surface area contributed by atoms with E-state index in [2.05, 4.69) is 41.5 Å². The zero-order valence-electron chi connectivity index (χ0n) is 19.7. The maximum atomic E-state index is 14.0. The molecule has 178 valence electrons. The fourth-order valence-corrected chi connectivity index (χ4v) is 5.16. The summed E-state index contributed by atoms with van der Waals surface area (Å²) >= 11 is 0.